The lowest BCUT2D eigenvalue weighted by atomic mass is 9.93. The van der Waals surface area contributed by atoms with Crippen LogP contribution in [0.1, 0.15) is 23.6 Å². The fourth-order valence-electron chi connectivity index (χ4n) is 3.53. The summed E-state index contributed by atoms with van der Waals surface area (Å²) in [4.78, 5) is 24.8. The quantitative estimate of drug-likeness (QED) is 0.591. The minimum atomic E-state index is -1.22. The normalized spacial score (nSPS) is 18.7. The van der Waals surface area contributed by atoms with Gasteiger partial charge in [-0.1, -0.05) is 18.2 Å². The molecule has 2 aromatic rings. The van der Waals surface area contributed by atoms with Gasteiger partial charge in [-0.15, -0.1) is 0 Å². The topological polar surface area (TPSA) is 112 Å². The second kappa shape index (κ2) is 9.75. The van der Waals surface area contributed by atoms with Crippen molar-refractivity contribution in [3.8, 4) is 5.69 Å². The number of hydrogen-bond acceptors (Lipinski definition) is 6. The molecule has 162 valence electrons. The summed E-state index contributed by atoms with van der Waals surface area (Å²) in [5, 5.41) is 18.2. The summed E-state index contributed by atoms with van der Waals surface area (Å²) in [5.41, 5.74) is 1.76. The molecule has 1 aromatic carbocycles. The number of aliphatic hydroxyl groups excluding tert-OH is 1. The van der Waals surface area contributed by atoms with E-state index in [-0.39, 0.29) is 37.7 Å². The van der Waals surface area contributed by atoms with Gasteiger partial charge in [0.2, 0.25) is 12.0 Å². The first kappa shape index (κ1) is 21.8. The molecule has 2 heterocycles. The zero-order valence-corrected chi connectivity index (χ0v) is 17.0. The van der Waals surface area contributed by atoms with Crippen LogP contribution in [-0.4, -0.2) is 58.3 Å². The summed E-state index contributed by atoms with van der Waals surface area (Å²) in [6.07, 6.45) is 0.933. The first-order valence-electron chi connectivity index (χ1n) is 9.70. The average Bonchev–Trinajstić information content (AvgIpc) is 2.96. The van der Waals surface area contributed by atoms with Gasteiger partial charge in [-0.05, 0) is 25.1 Å². The van der Waals surface area contributed by atoms with Gasteiger partial charge in [-0.25, -0.2) is 9.48 Å². The number of carboxylic acids is 1. The Balaban J connectivity index is 1.89. The molecular weight excluding hydrogens is 392 g/mol. The van der Waals surface area contributed by atoms with E-state index in [2.05, 4.69) is 0 Å². The molecular formula is C21H26N2O7. The van der Waals surface area contributed by atoms with E-state index in [9.17, 15) is 14.7 Å². The van der Waals surface area contributed by atoms with Crippen molar-refractivity contribution in [1.82, 2.24) is 9.36 Å². The average molecular weight is 418 g/mol. The number of nitrogens with zero attached hydrogens (tertiary/aromatic N) is 2. The van der Waals surface area contributed by atoms with Gasteiger partial charge in [-0.2, -0.15) is 0 Å². The van der Waals surface area contributed by atoms with Gasteiger partial charge in [0.15, 0.2) is 0 Å². The van der Waals surface area contributed by atoms with Crippen molar-refractivity contribution in [3.05, 3.63) is 63.8 Å². The van der Waals surface area contributed by atoms with Crippen molar-refractivity contribution in [3.63, 3.8) is 0 Å². The smallest absolute Gasteiger partial charge is 0.370 e. The maximum Gasteiger partial charge on any atom is 0.370 e. The van der Waals surface area contributed by atoms with E-state index in [4.69, 9.17) is 19.3 Å². The highest BCUT2D eigenvalue weighted by Gasteiger charge is 2.32. The Morgan fingerprint density at radius 3 is 2.63 bits per heavy atom. The van der Waals surface area contributed by atoms with Gasteiger partial charge in [0.05, 0.1) is 32.1 Å². The van der Waals surface area contributed by atoms with Crippen LogP contribution < -0.4 is 5.56 Å². The maximum absolute atomic E-state index is 13.3. The molecule has 3 rings (SSSR count). The third kappa shape index (κ3) is 4.64. The Hall–Kier alpha value is -2.88. The lowest BCUT2D eigenvalue weighted by molar-refractivity contribution is -0.160. The highest BCUT2D eigenvalue weighted by Crippen LogP contribution is 2.32. The monoisotopic (exact) mass is 418 g/mol. The molecule has 9 heteroatoms. The molecule has 1 aromatic heterocycles. The highest BCUT2D eigenvalue weighted by molar-refractivity contribution is 5.84. The summed E-state index contributed by atoms with van der Waals surface area (Å²) in [5.74, 6) is -1.94. The number of carbonyl (C=O) groups is 1. The van der Waals surface area contributed by atoms with Crippen LogP contribution >= 0.6 is 0 Å². The van der Waals surface area contributed by atoms with Crippen molar-refractivity contribution in [2.75, 3.05) is 26.4 Å². The van der Waals surface area contributed by atoms with Gasteiger partial charge in [0.1, 0.15) is 0 Å². The number of aliphatic carboxylic acids is 1. The van der Waals surface area contributed by atoms with Crippen molar-refractivity contribution in [2.45, 2.75) is 25.6 Å². The Morgan fingerprint density at radius 1 is 1.23 bits per heavy atom. The maximum atomic E-state index is 13.3. The molecule has 1 aliphatic heterocycles. The van der Waals surface area contributed by atoms with E-state index in [1.807, 2.05) is 37.3 Å². The van der Waals surface area contributed by atoms with E-state index in [1.54, 1.807) is 16.4 Å². The fourth-order valence-corrected chi connectivity index (χ4v) is 3.53. The largest absolute Gasteiger partial charge is 0.475 e. The van der Waals surface area contributed by atoms with Crippen molar-refractivity contribution < 1.29 is 29.2 Å². The molecule has 0 aliphatic carbocycles. The van der Waals surface area contributed by atoms with Gasteiger partial charge < -0.3 is 24.4 Å². The van der Waals surface area contributed by atoms with E-state index in [0.717, 1.165) is 11.4 Å². The highest BCUT2D eigenvalue weighted by atomic mass is 16.7. The summed E-state index contributed by atoms with van der Waals surface area (Å²) in [6.45, 7) is 2.35. The Kier molecular flexibility index (Phi) is 7.09. The molecule has 0 saturated carbocycles. The number of ether oxygens (including phenoxy) is 3. The molecule has 0 fully saturated rings. The number of benzene rings is 1. The molecule has 1 aliphatic rings. The number of aromatic nitrogens is 2. The third-order valence-corrected chi connectivity index (χ3v) is 5.00. The van der Waals surface area contributed by atoms with Crippen LogP contribution in [0.2, 0.25) is 0 Å². The fraction of sp³-hybridized carbons (Fsp3) is 0.429. The molecule has 0 saturated heterocycles. The van der Waals surface area contributed by atoms with Crippen LogP contribution in [0.3, 0.4) is 0 Å². The predicted molar refractivity (Wildman–Crippen MR) is 108 cm³/mol. The lowest BCUT2D eigenvalue weighted by Crippen LogP contribution is -2.30. The van der Waals surface area contributed by atoms with Gasteiger partial charge in [0, 0.05) is 30.6 Å². The second-order valence-electron chi connectivity index (χ2n) is 6.91. The molecule has 0 bridgehead atoms. The van der Waals surface area contributed by atoms with E-state index in [0.29, 0.717) is 12.0 Å². The molecule has 9 nitrogen and oxygen atoms in total. The van der Waals surface area contributed by atoms with Gasteiger partial charge >= 0.3 is 5.97 Å². The zero-order chi connectivity index (χ0) is 21.7. The number of rotatable bonds is 9. The molecule has 0 spiro atoms. The molecule has 2 atom stereocenters. The molecule has 2 unspecified atom stereocenters. The van der Waals surface area contributed by atoms with E-state index >= 15 is 0 Å². The first-order chi connectivity index (χ1) is 14.4. The molecule has 0 radical (unpaired) electrons. The number of hydrogen-bond donors (Lipinski definition) is 2. The number of para-hydroxylation sites is 1. The van der Waals surface area contributed by atoms with Crippen LogP contribution in [0, 0.1) is 6.92 Å². The Bertz CT molecular complexity index is 962. The summed E-state index contributed by atoms with van der Waals surface area (Å²) < 4.78 is 19.5. The van der Waals surface area contributed by atoms with Crippen LogP contribution in [0.15, 0.2) is 47.0 Å². The van der Waals surface area contributed by atoms with Crippen molar-refractivity contribution >= 4 is 5.97 Å². The Labute approximate surface area is 173 Å². The third-order valence-electron chi connectivity index (χ3n) is 5.00. The summed E-state index contributed by atoms with van der Waals surface area (Å²) in [6, 6.07) is 9.25. The van der Waals surface area contributed by atoms with E-state index in [1.165, 1.54) is 6.08 Å². The van der Waals surface area contributed by atoms with Crippen molar-refractivity contribution in [1.29, 1.82) is 0 Å². The van der Waals surface area contributed by atoms with Crippen LogP contribution in [-0.2, 0) is 26.1 Å². The van der Waals surface area contributed by atoms with Crippen molar-refractivity contribution in [2.24, 2.45) is 7.05 Å². The predicted octanol–water partition coefficient (Wildman–Crippen LogP) is 1.31. The minimum Gasteiger partial charge on any atom is -0.475 e. The molecule has 2 N–H and O–H groups in total. The number of carboxylic acid groups (broad SMARTS) is 1. The summed E-state index contributed by atoms with van der Waals surface area (Å²) >= 11 is 0. The first-order valence-corrected chi connectivity index (χ1v) is 9.70. The van der Waals surface area contributed by atoms with Crippen LogP contribution in [0.4, 0.5) is 0 Å². The van der Waals surface area contributed by atoms with Gasteiger partial charge in [-0.3, -0.25) is 9.48 Å². The van der Waals surface area contributed by atoms with E-state index < -0.39 is 18.2 Å². The lowest BCUT2D eigenvalue weighted by Gasteiger charge is -2.27. The Morgan fingerprint density at radius 2 is 1.97 bits per heavy atom. The SMILES string of the molecule is Cc1c(C2C=C(C(=O)O)OC(OCCOCCO)C2)c(=O)n(-c2ccccc2)n1C. The minimum absolute atomic E-state index is 0.0884. The van der Waals surface area contributed by atoms with Gasteiger partial charge in [0.25, 0.3) is 5.56 Å². The standard InChI is InChI=1S/C21H26N2O7/c1-14-19(20(25)23(22(14)2)16-6-4-3-5-7-16)15-12-17(21(26)27)30-18(13-15)29-11-10-28-9-8-24/h3-7,12,15,18,24H,8-11,13H2,1-2H3,(H,26,27). The molecule has 0 amide bonds. The number of aliphatic hydroxyl groups is 1. The molecule has 30 heavy (non-hydrogen) atoms. The van der Waals surface area contributed by atoms with Crippen LogP contribution in [0.25, 0.3) is 5.69 Å². The summed E-state index contributed by atoms with van der Waals surface area (Å²) in [7, 11) is 1.79. The van der Waals surface area contributed by atoms with Crippen LogP contribution in [0.5, 0.6) is 0 Å². The number of allylic oxidation sites excluding steroid dienone is 1. The zero-order valence-electron chi connectivity index (χ0n) is 17.0. The second-order valence-corrected chi connectivity index (χ2v) is 6.91.